The van der Waals surface area contributed by atoms with E-state index >= 15 is 0 Å². The molecule has 27 heavy (non-hydrogen) atoms. The first-order chi connectivity index (χ1) is 12.9. The zero-order valence-electron chi connectivity index (χ0n) is 15.5. The first-order valence-electron chi connectivity index (χ1n) is 8.59. The van der Waals surface area contributed by atoms with Gasteiger partial charge in [0.25, 0.3) is 10.0 Å². The highest BCUT2D eigenvalue weighted by Crippen LogP contribution is 2.15. The van der Waals surface area contributed by atoms with Crippen molar-refractivity contribution in [2.75, 3.05) is 18.4 Å². The monoisotopic (exact) mass is 389 g/mol. The minimum absolute atomic E-state index is 0.0330. The number of nitrogens with one attached hydrogen (secondary N) is 2. The summed E-state index contributed by atoms with van der Waals surface area (Å²) < 4.78 is 30.9. The lowest BCUT2D eigenvalue weighted by molar-refractivity contribution is 0.579. The zero-order valence-corrected chi connectivity index (χ0v) is 16.3. The molecule has 0 radical (unpaired) electrons. The average molecular weight is 389 g/mol. The number of sulfonamides is 1. The Labute approximate surface area is 158 Å². The van der Waals surface area contributed by atoms with Gasteiger partial charge in [0.15, 0.2) is 5.03 Å². The summed E-state index contributed by atoms with van der Waals surface area (Å²) in [6.07, 6.45) is 6.76. The van der Waals surface area contributed by atoms with Gasteiger partial charge < -0.3 is 14.5 Å². The second-order valence-electron chi connectivity index (χ2n) is 6.38. The number of rotatable bonds is 8. The molecule has 0 aliphatic heterocycles. The van der Waals surface area contributed by atoms with Gasteiger partial charge in [0.1, 0.15) is 23.8 Å². The molecule has 10 heteroatoms. The van der Waals surface area contributed by atoms with Gasteiger partial charge in [0.05, 0.1) is 0 Å². The summed E-state index contributed by atoms with van der Waals surface area (Å²) in [5.41, 5.74) is 0. The number of anilines is 1. The Morgan fingerprint density at radius 3 is 2.56 bits per heavy atom. The van der Waals surface area contributed by atoms with Crippen molar-refractivity contribution in [3.63, 3.8) is 0 Å². The third kappa shape index (κ3) is 4.52. The van der Waals surface area contributed by atoms with Gasteiger partial charge >= 0.3 is 0 Å². The van der Waals surface area contributed by atoms with Crippen LogP contribution in [0.4, 0.5) is 5.82 Å². The third-order valence-electron chi connectivity index (χ3n) is 3.93. The molecule has 9 nitrogen and oxygen atoms in total. The Balaban J connectivity index is 1.57. The van der Waals surface area contributed by atoms with Crippen LogP contribution in [0.15, 0.2) is 48.1 Å². The molecule has 3 aromatic rings. The smallest absolute Gasteiger partial charge is 0.259 e. The molecule has 0 saturated heterocycles. The molecular formula is C17H23N7O2S. The lowest BCUT2D eigenvalue weighted by Crippen LogP contribution is -2.29. The van der Waals surface area contributed by atoms with E-state index in [4.69, 9.17) is 0 Å². The van der Waals surface area contributed by atoms with Crippen LogP contribution in [0.2, 0.25) is 0 Å². The zero-order chi connectivity index (χ0) is 19.4. The van der Waals surface area contributed by atoms with E-state index in [0.717, 1.165) is 11.6 Å². The molecular weight excluding hydrogens is 366 g/mol. The molecule has 3 heterocycles. The minimum atomic E-state index is -3.65. The molecule has 3 rings (SSSR count). The van der Waals surface area contributed by atoms with Gasteiger partial charge in [-0.3, -0.25) is 0 Å². The van der Waals surface area contributed by atoms with Gasteiger partial charge in [0, 0.05) is 50.7 Å². The van der Waals surface area contributed by atoms with Crippen molar-refractivity contribution in [2.45, 2.75) is 24.8 Å². The average Bonchev–Trinajstić information content (AvgIpc) is 3.29. The Morgan fingerprint density at radius 1 is 1.15 bits per heavy atom. The Morgan fingerprint density at radius 2 is 1.89 bits per heavy atom. The van der Waals surface area contributed by atoms with E-state index in [1.54, 1.807) is 17.7 Å². The predicted molar refractivity (Wildman–Crippen MR) is 102 cm³/mol. The van der Waals surface area contributed by atoms with E-state index in [1.807, 2.05) is 42.9 Å². The van der Waals surface area contributed by atoms with Crippen LogP contribution in [0.25, 0.3) is 5.82 Å². The van der Waals surface area contributed by atoms with E-state index in [2.05, 4.69) is 25.0 Å². The lowest BCUT2D eigenvalue weighted by Gasteiger charge is -2.08. The third-order valence-corrected chi connectivity index (χ3v) is 5.26. The molecule has 0 aliphatic rings. The van der Waals surface area contributed by atoms with E-state index in [9.17, 15) is 8.42 Å². The number of hydrogen-bond donors (Lipinski definition) is 2. The van der Waals surface area contributed by atoms with Crippen molar-refractivity contribution in [3.05, 3.63) is 48.9 Å². The van der Waals surface area contributed by atoms with Crippen LogP contribution in [0.3, 0.4) is 0 Å². The highest BCUT2D eigenvalue weighted by atomic mass is 32.2. The van der Waals surface area contributed by atoms with Crippen molar-refractivity contribution in [1.29, 1.82) is 0 Å². The molecule has 0 spiro atoms. The van der Waals surface area contributed by atoms with Gasteiger partial charge in [-0.2, -0.15) is 0 Å². The van der Waals surface area contributed by atoms with Crippen LogP contribution in [-0.4, -0.2) is 45.6 Å². The van der Waals surface area contributed by atoms with Crippen LogP contribution in [-0.2, 0) is 17.1 Å². The van der Waals surface area contributed by atoms with E-state index in [1.165, 1.54) is 12.5 Å². The summed E-state index contributed by atoms with van der Waals surface area (Å²) in [5, 5.41) is 3.12. The predicted octanol–water partition coefficient (Wildman–Crippen LogP) is 1.51. The van der Waals surface area contributed by atoms with Gasteiger partial charge in [-0.1, -0.05) is 13.8 Å². The number of nitrogens with zero attached hydrogens (tertiary/aromatic N) is 5. The van der Waals surface area contributed by atoms with E-state index in [-0.39, 0.29) is 17.5 Å². The highest BCUT2D eigenvalue weighted by Gasteiger charge is 2.20. The summed E-state index contributed by atoms with van der Waals surface area (Å²) in [6.45, 7) is 4.53. The summed E-state index contributed by atoms with van der Waals surface area (Å²) in [6, 6.07) is 5.61. The summed E-state index contributed by atoms with van der Waals surface area (Å²) in [5.74, 6) is 2.22. The van der Waals surface area contributed by atoms with Crippen molar-refractivity contribution >= 4 is 15.8 Å². The van der Waals surface area contributed by atoms with Crippen LogP contribution in [0.5, 0.6) is 0 Å². The first-order valence-corrected chi connectivity index (χ1v) is 10.1. The molecule has 0 unspecified atom stereocenters. The fourth-order valence-corrected chi connectivity index (χ4v) is 3.67. The molecule has 0 saturated carbocycles. The van der Waals surface area contributed by atoms with Crippen molar-refractivity contribution < 1.29 is 8.42 Å². The Hall–Kier alpha value is -2.72. The van der Waals surface area contributed by atoms with Crippen LogP contribution in [0, 0.1) is 0 Å². The van der Waals surface area contributed by atoms with Crippen LogP contribution in [0.1, 0.15) is 25.6 Å². The quantitative estimate of drug-likeness (QED) is 0.566. The fraction of sp³-hybridized carbons (Fsp3) is 0.353. The van der Waals surface area contributed by atoms with Gasteiger partial charge in [-0.25, -0.2) is 28.1 Å². The number of aromatic nitrogens is 5. The number of aryl methyl sites for hydroxylation is 1. The molecule has 0 fully saturated rings. The lowest BCUT2D eigenvalue weighted by atomic mass is 10.2. The van der Waals surface area contributed by atoms with Crippen molar-refractivity contribution in [3.8, 4) is 5.82 Å². The van der Waals surface area contributed by atoms with E-state index in [0.29, 0.717) is 12.4 Å². The molecule has 3 aromatic heterocycles. The molecule has 0 atom stereocenters. The normalized spacial score (nSPS) is 11.9. The SMILES string of the molecule is CC(C)c1nc(S(=O)(=O)NCCNc2cc(-n3cccc3)ncn2)cn1C. The van der Waals surface area contributed by atoms with Crippen LogP contribution >= 0.6 is 0 Å². The van der Waals surface area contributed by atoms with Crippen molar-refractivity contribution in [2.24, 2.45) is 7.05 Å². The van der Waals surface area contributed by atoms with Gasteiger partial charge in [-0.15, -0.1) is 0 Å². The fourth-order valence-electron chi connectivity index (χ4n) is 2.64. The summed E-state index contributed by atoms with van der Waals surface area (Å²) in [7, 11) is -1.86. The van der Waals surface area contributed by atoms with Gasteiger partial charge in [0.2, 0.25) is 0 Å². The maximum Gasteiger partial charge on any atom is 0.259 e. The van der Waals surface area contributed by atoms with Gasteiger partial charge in [-0.05, 0) is 12.1 Å². The molecule has 2 N–H and O–H groups in total. The summed E-state index contributed by atoms with van der Waals surface area (Å²) in [4.78, 5) is 12.6. The Kier molecular flexibility index (Phi) is 5.57. The standard InChI is InChI=1S/C17H23N7O2S/c1-13(2)17-22-16(11-23(17)3)27(25,26)21-7-6-18-14-10-15(20-12-19-14)24-8-4-5-9-24/h4-5,8-13,21H,6-7H2,1-3H3,(H,18,19,20). The number of imidazole rings is 1. The molecule has 0 amide bonds. The second kappa shape index (κ2) is 7.89. The largest absolute Gasteiger partial charge is 0.369 e. The molecule has 0 aromatic carbocycles. The molecule has 0 aliphatic carbocycles. The maximum absolute atomic E-state index is 12.4. The van der Waals surface area contributed by atoms with E-state index < -0.39 is 10.0 Å². The minimum Gasteiger partial charge on any atom is -0.369 e. The second-order valence-corrected chi connectivity index (χ2v) is 8.09. The first kappa shape index (κ1) is 19.1. The topological polar surface area (TPSA) is 107 Å². The molecule has 144 valence electrons. The molecule has 0 bridgehead atoms. The number of hydrogen-bond acceptors (Lipinski definition) is 6. The van der Waals surface area contributed by atoms with Crippen molar-refractivity contribution in [1.82, 2.24) is 28.8 Å². The highest BCUT2D eigenvalue weighted by molar-refractivity contribution is 7.89. The maximum atomic E-state index is 12.4. The Bertz CT molecular complexity index is 994. The summed E-state index contributed by atoms with van der Waals surface area (Å²) >= 11 is 0. The van der Waals surface area contributed by atoms with Crippen LogP contribution < -0.4 is 10.0 Å².